The predicted molar refractivity (Wildman–Crippen MR) is 52.9 cm³/mol. The molecular weight excluding hydrogens is 180 g/mol. The number of rotatable bonds is 3. The lowest BCUT2D eigenvalue weighted by molar-refractivity contribution is -0.127. The molecule has 1 unspecified atom stereocenters. The highest BCUT2D eigenvalue weighted by Crippen LogP contribution is 2.06. The molecule has 0 aromatic rings. The van der Waals surface area contributed by atoms with E-state index in [0.29, 0.717) is 13.2 Å². The highest BCUT2D eigenvalue weighted by atomic mass is 16.5. The van der Waals surface area contributed by atoms with Crippen molar-refractivity contribution in [3.05, 3.63) is 12.2 Å². The first kappa shape index (κ1) is 9.68. The molecule has 2 rings (SSSR count). The van der Waals surface area contributed by atoms with Crippen molar-refractivity contribution in [1.29, 1.82) is 0 Å². The van der Waals surface area contributed by atoms with Crippen LogP contribution >= 0.6 is 0 Å². The normalized spacial score (nSPS) is 27.0. The second-order valence-electron chi connectivity index (χ2n) is 3.76. The summed E-state index contributed by atoms with van der Waals surface area (Å²) in [6, 6.07) is 0. The number of carbonyl (C=O) groups excluding carboxylic acids is 1. The third kappa shape index (κ3) is 2.33. The number of carbonyl (C=O) groups is 1. The van der Waals surface area contributed by atoms with Gasteiger partial charge in [0, 0.05) is 19.6 Å². The van der Waals surface area contributed by atoms with Crippen LogP contribution in [-0.2, 0) is 9.53 Å². The van der Waals surface area contributed by atoms with Crippen molar-refractivity contribution in [3.63, 3.8) is 0 Å². The Kier molecular flexibility index (Phi) is 3.16. The van der Waals surface area contributed by atoms with Gasteiger partial charge in [0.2, 0.25) is 5.91 Å². The van der Waals surface area contributed by atoms with E-state index in [0.717, 1.165) is 19.5 Å². The van der Waals surface area contributed by atoms with Gasteiger partial charge in [0.25, 0.3) is 0 Å². The van der Waals surface area contributed by atoms with Crippen LogP contribution in [0.4, 0.5) is 0 Å². The van der Waals surface area contributed by atoms with Crippen molar-refractivity contribution in [1.82, 2.24) is 10.6 Å². The quantitative estimate of drug-likeness (QED) is 0.608. The Bertz CT molecular complexity index is 236. The molecule has 1 atom stereocenters. The summed E-state index contributed by atoms with van der Waals surface area (Å²) in [4.78, 5) is 11.4. The van der Waals surface area contributed by atoms with Crippen molar-refractivity contribution < 1.29 is 9.53 Å². The lowest BCUT2D eigenvalue weighted by atomic mass is 10.0. The Hall–Kier alpha value is -0.870. The average molecular weight is 196 g/mol. The zero-order chi connectivity index (χ0) is 9.80. The number of nitrogens with one attached hydrogen (secondary N) is 2. The molecule has 0 spiro atoms. The molecule has 78 valence electrons. The molecule has 1 fully saturated rings. The van der Waals surface area contributed by atoms with Crippen molar-refractivity contribution in [2.24, 2.45) is 5.92 Å². The largest absolute Gasteiger partial charge is 0.372 e. The van der Waals surface area contributed by atoms with Crippen LogP contribution in [0.25, 0.3) is 0 Å². The van der Waals surface area contributed by atoms with E-state index in [1.165, 1.54) is 0 Å². The topological polar surface area (TPSA) is 50.4 Å². The van der Waals surface area contributed by atoms with Crippen LogP contribution in [0.15, 0.2) is 12.2 Å². The minimum atomic E-state index is 0.155. The number of hydrogen-bond donors (Lipinski definition) is 2. The molecule has 2 heterocycles. The van der Waals surface area contributed by atoms with E-state index in [4.69, 9.17) is 4.74 Å². The molecule has 0 aromatic heterocycles. The van der Waals surface area contributed by atoms with Crippen LogP contribution in [0.3, 0.4) is 0 Å². The minimum Gasteiger partial charge on any atom is -0.372 e. The summed E-state index contributed by atoms with van der Waals surface area (Å²) in [5.74, 6) is 0.330. The average Bonchev–Trinajstić information content (AvgIpc) is 2.14. The highest BCUT2D eigenvalue weighted by molar-refractivity contribution is 5.80. The first-order valence-electron chi connectivity index (χ1n) is 5.11. The SMILES string of the molecule is O=C(NCC1CC=CCO1)C1CNC1. The molecule has 14 heavy (non-hydrogen) atoms. The van der Waals surface area contributed by atoms with Gasteiger partial charge in [-0.2, -0.15) is 0 Å². The Labute approximate surface area is 83.7 Å². The van der Waals surface area contributed by atoms with Gasteiger partial charge in [0.15, 0.2) is 0 Å². The van der Waals surface area contributed by atoms with Gasteiger partial charge in [-0.05, 0) is 6.42 Å². The third-order valence-electron chi connectivity index (χ3n) is 2.65. The molecule has 1 amide bonds. The fourth-order valence-electron chi connectivity index (χ4n) is 1.55. The van der Waals surface area contributed by atoms with Crippen LogP contribution < -0.4 is 10.6 Å². The van der Waals surface area contributed by atoms with E-state index in [2.05, 4.69) is 16.7 Å². The van der Waals surface area contributed by atoms with Crippen LogP contribution in [0.5, 0.6) is 0 Å². The second kappa shape index (κ2) is 4.57. The predicted octanol–water partition coefficient (Wildman–Crippen LogP) is -0.333. The summed E-state index contributed by atoms with van der Waals surface area (Å²) < 4.78 is 5.44. The lowest BCUT2D eigenvalue weighted by Crippen LogP contribution is -2.51. The van der Waals surface area contributed by atoms with Crippen LogP contribution in [-0.4, -0.2) is 38.3 Å². The summed E-state index contributed by atoms with van der Waals surface area (Å²) in [6.45, 7) is 2.94. The fraction of sp³-hybridized carbons (Fsp3) is 0.700. The Balaban J connectivity index is 1.65. The first-order valence-corrected chi connectivity index (χ1v) is 5.11. The van der Waals surface area contributed by atoms with Crippen LogP contribution in [0.2, 0.25) is 0 Å². The van der Waals surface area contributed by atoms with Gasteiger partial charge in [-0.3, -0.25) is 4.79 Å². The molecule has 0 saturated carbocycles. The molecule has 2 aliphatic heterocycles. The Morgan fingerprint density at radius 3 is 2.93 bits per heavy atom. The summed E-state index contributed by atoms with van der Waals surface area (Å²) >= 11 is 0. The molecule has 0 radical (unpaired) electrons. The van der Waals surface area contributed by atoms with Gasteiger partial charge >= 0.3 is 0 Å². The molecule has 0 bridgehead atoms. The van der Waals surface area contributed by atoms with E-state index < -0.39 is 0 Å². The molecule has 0 aromatic carbocycles. The van der Waals surface area contributed by atoms with Gasteiger partial charge in [0.05, 0.1) is 18.6 Å². The van der Waals surface area contributed by atoms with Crippen LogP contribution in [0.1, 0.15) is 6.42 Å². The Morgan fingerprint density at radius 2 is 2.36 bits per heavy atom. The number of amides is 1. The summed E-state index contributed by atoms with van der Waals surface area (Å²) in [5.41, 5.74) is 0. The van der Waals surface area contributed by atoms with Gasteiger partial charge in [-0.1, -0.05) is 12.2 Å². The smallest absolute Gasteiger partial charge is 0.225 e. The Morgan fingerprint density at radius 1 is 1.50 bits per heavy atom. The number of ether oxygens (including phenoxy) is 1. The molecule has 0 aliphatic carbocycles. The maximum Gasteiger partial charge on any atom is 0.225 e. The monoisotopic (exact) mass is 196 g/mol. The number of hydrogen-bond acceptors (Lipinski definition) is 3. The van der Waals surface area contributed by atoms with Gasteiger partial charge < -0.3 is 15.4 Å². The lowest BCUT2D eigenvalue weighted by Gasteiger charge is -2.27. The van der Waals surface area contributed by atoms with E-state index in [9.17, 15) is 4.79 Å². The standard InChI is InChI=1S/C10H16N2O2/c13-10(8-5-11-6-8)12-7-9-3-1-2-4-14-9/h1-2,8-9,11H,3-7H2,(H,12,13). The zero-order valence-corrected chi connectivity index (χ0v) is 8.16. The summed E-state index contributed by atoms with van der Waals surface area (Å²) in [5, 5.41) is 5.99. The molecular formula is C10H16N2O2. The maximum atomic E-state index is 11.4. The minimum absolute atomic E-state index is 0.155. The fourth-order valence-corrected chi connectivity index (χ4v) is 1.55. The van der Waals surface area contributed by atoms with Gasteiger partial charge in [-0.25, -0.2) is 0 Å². The summed E-state index contributed by atoms with van der Waals surface area (Å²) in [7, 11) is 0. The second-order valence-corrected chi connectivity index (χ2v) is 3.76. The van der Waals surface area contributed by atoms with E-state index >= 15 is 0 Å². The van der Waals surface area contributed by atoms with Crippen molar-refractivity contribution in [3.8, 4) is 0 Å². The van der Waals surface area contributed by atoms with Gasteiger partial charge in [-0.15, -0.1) is 0 Å². The molecule has 2 aliphatic rings. The van der Waals surface area contributed by atoms with Gasteiger partial charge in [0.1, 0.15) is 0 Å². The summed E-state index contributed by atoms with van der Waals surface area (Å²) in [6.07, 6.45) is 5.18. The van der Waals surface area contributed by atoms with Crippen molar-refractivity contribution in [2.75, 3.05) is 26.2 Å². The molecule has 2 N–H and O–H groups in total. The van der Waals surface area contributed by atoms with E-state index in [1.807, 2.05) is 6.08 Å². The van der Waals surface area contributed by atoms with Crippen molar-refractivity contribution in [2.45, 2.75) is 12.5 Å². The zero-order valence-electron chi connectivity index (χ0n) is 8.16. The highest BCUT2D eigenvalue weighted by Gasteiger charge is 2.25. The first-order chi connectivity index (χ1) is 6.86. The van der Waals surface area contributed by atoms with Crippen molar-refractivity contribution >= 4 is 5.91 Å². The van der Waals surface area contributed by atoms with Crippen LogP contribution in [0, 0.1) is 5.92 Å². The third-order valence-corrected chi connectivity index (χ3v) is 2.65. The molecule has 4 heteroatoms. The van der Waals surface area contributed by atoms with E-state index in [-0.39, 0.29) is 17.9 Å². The maximum absolute atomic E-state index is 11.4. The molecule has 1 saturated heterocycles. The molecule has 4 nitrogen and oxygen atoms in total. The van der Waals surface area contributed by atoms with E-state index in [1.54, 1.807) is 0 Å².